The first-order chi connectivity index (χ1) is 8.15. The molecule has 0 aliphatic rings. The van der Waals surface area contributed by atoms with E-state index in [1.807, 2.05) is 6.33 Å². The Labute approximate surface area is 106 Å². The average Bonchev–Trinajstić information content (AvgIpc) is 2.73. The maximum atomic E-state index is 4.44. The van der Waals surface area contributed by atoms with Gasteiger partial charge < -0.3 is 9.88 Å². The molecule has 0 saturated carbocycles. The van der Waals surface area contributed by atoms with Gasteiger partial charge in [0.15, 0.2) is 0 Å². The zero-order valence-electron chi connectivity index (χ0n) is 11.7. The van der Waals surface area contributed by atoms with E-state index < -0.39 is 0 Å². The van der Waals surface area contributed by atoms with Gasteiger partial charge in [-0.3, -0.25) is 0 Å². The van der Waals surface area contributed by atoms with Crippen molar-refractivity contribution in [2.45, 2.75) is 53.6 Å². The Morgan fingerprint density at radius 3 is 2.59 bits per heavy atom. The standard InChI is InChI=1S/C14H27N3/c1-5-13(6-2)9-17-10-14(16-11-17)8-15-7-12(3)4/h10-13,15H,5-9H2,1-4H3. The van der Waals surface area contributed by atoms with Crippen LogP contribution in [0.4, 0.5) is 0 Å². The van der Waals surface area contributed by atoms with E-state index in [0.29, 0.717) is 5.92 Å². The van der Waals surface area contributed by atoms with Gasteiger partial charge in [-0.15, -0.1) is 0 Å². The van der Waals surface area contributed by atoms with Crippen LogP contribution in [0.25, 0.3) is 0 Å². The number of nitrogens with one attached hydrogen (secondary N) is 1. The second kappa shape index (κ2) is 7.49. The van der Waals surface area contributed by atoms with Crippen molar-refractivity contribution < 1.29 is 0 Å². The summed E-state index contributed by atoms with van der Waals surface area (Å²) in [5.74, 6) is 1.47. The molecule has 0 amide bonds. The minimum atomic E-state index is 0.696. The zero-order chi connectivity index (χ0) is 12.7. The smallest absolute Gasteiger partial charge is 0.0950 e. The van der Waals surface area contributed by atoms with E-state index in [1.165, 1.54) is 12.8 Å². The Hall–Kier alpha value is -0.830. The first kappa shape index (κ1) is 14.2. The van der Waals surface area contributed by atoms with E-state index in [4.69, 9.17) is 0 Å². The number of imidazole rings is 1. The van der Waals surface area contributed by atoms with Crippen LogP contribution in [0.2, 0.25) is 0 Å². The molecular formula is C14H27N3. The van der Waals surface area contributed by atoms with Crippen molar-refractivity contribution in [1.82, 2.24) is 14.9 Å². The Morgan fingerprint density at radius 1 is 1.29 bits per heavy atom. The molecule has 0 fully saturated rings. The van der Waals surface area contributed by atoms with Gasteiger partial charge in [-0.25, -0.2) is 4.98 Å². The van der Waals surface area contributed by atoms with Crippen molar-refractivity contribution in [2.75, 3.05) is 6.54 Å². The first-order valence-electron chi connectivity index (χ1n) is 6.87. The van der Waals surface area contributed by atoms with Crippen LogP contribution in [0, 0.1) is 11.8 Å². The second-order valence-electron chi connectivity index (χ2n) is 5.27. The van der Waals surface area contributed by atoms with E-state index in [1.54, 1.807) is 0 Å². The molecule has 0 unspecified atom stereocenters. The Morgan fingerprint density at radius 2 is 2.00 bits per heavy atom. The summed E-state index contributed by atoms with van der Waals surface area (Å²) in [5, 5.41) is 3.42. The lowest BCUT2D eigenvalue weighted by Crippen LogP contribution is -2.19. The number of hydrogen-bond donors (Lipinski definition) is 1. The molecule has 3 nitrogen and oxygen atoms in total. The minimum Gasteiger partial charge on any atom is -0.337 e. The lowest BCUT2D eigenvalue weighted by atomic mass is 10.0. The summed E-state index contributed by atoms with van der Waals surface area (Å²) in [7, 11) is 0. The molecule has 0 saturated heterocycles. The molecule has 1 N–H and O–H groups in total. The summed E-state index contributed by atoms with van der Waals surface area (Å²) in [6.07, 6.45) is 6.63. The highest BCUT2D eigenvalue weighted by molar-refractivity contribution is 4.96. The van der Waals surface area contributed by atoms with Crippen LogP contribution < -0.4 is 5.32 Å². The van der Waals surface area contributed by atoms with E-state index in [2.05, 4.69) is 48.8 Å². The van der Waals surface area contributed by atoms with Gasteiger partial charge in [0.1, 0.15) is 0 Å². The molecule has 1 aromatic heterocycles. The van der Waals surface area contributed by atoms with E-state index in [-0.39, 0.29) is 0 Å². The SMILES string of the molecule is CCC(CC)Cn1cnc(CNCC(C)C)c1. The third-order valence-corrected chi connectivity index (χ3v) is 3.17. The Balaban J connectivity index is 2.37. The summed E-state index contributed by atoms with van der Waals surface area (Å²) < 4.78 is 2.23. The lowest BCUT2D eigenvalue weighted by Gasteiger charge is -2.12. The number of aromatic nitrogens is 2. The first-order valence-corrected chi connectivity index (χ1v) is 6.87. The fourth-order valence-corrected chi connectivity index (χ4v) is 1.93. The fourth-order valence-electron chi connectivity index (χ4n) is 1.93. The fraction of sp³-hybridized carbons (Fsp3) is 0.786. The Kier molecular flexibility index (Phi) is 6.27. The molecular weight excluding hydrogens is 210 g/mol. The van der Waals surface area contributed by atoms with Gasteiger partial charge >= 0.3 is 0 Å². The molecule has 3 heteroatoms. The van der Waals surface area contributed by atoms with Crippen molar-refractivity contribution >= 4 is 0 Å². The number of nitrogens with zero attached hydrogens (tertiary/aromatic N) is 2. The van der Waals surface area contributed by atoms with Crippen LogP contribution in [-0.2, 0) is 13.1 Å². The molecule has 98 valence electrons. The maximum absolute atomic E-state index is 4.44. The zero-order valence-corrected chi connectivity index (χ0v) is 11.7. The molecule has 0 spiro atoms. The molecule has 0 atom stereocenters. The summed E-state index contributed by atoms with van der Waals surface area (Å²) >= 11 is 0. The average molecular weight is 237 g/mol. The molecule has 0 aliphatic heterocycles. The van der Waals surface area contributed by atoms with Gasteiger partial charge in [-0.1, -0.05) is 40.5 Å². The molecule has 1 aromatic rings. The number of rotatable bonds is 8. The molecule has 0 aliphatic carbocycles. The van der Waals surface area contributed by atoms with E-state index in [0.717, 1.165) is 31.2 Å². The van der Waals surface area contributed by atoms with E-state index in [9.17, 15) is 0 Å². The third kappa shape index (κ3) is 5.35. The summed E-state index contributed by atoms with van der Waals surface area (Å²) in [5.41, 5.74) is 1.15. The van der Waals surface area contributed by atoms with Crippen molar-refractivity contribution in [3.05, 3.63) is 18.2 Å². The highest BCUT2D eigenvalue weighted by Gasteiger charge is 2.05. The second-order valence-corrected chi connectivity index (χ2v) is 5.27. The van der Waals surface area contributed by atoms with E-state index >= 15 is 0 Å². The molecule has 1 heterocycles. The minimum absolute atomic E-state index is 0.696. The topological polar surface area (TPSA) is 29.9 Å². The lowest BCUT2D eigenvalue weighted by molar-refractivity contribution is 0.418. The molecule has 1 rings (SSSR count). The van der Waals surface area contributed by atoms with Crippen molar-refractivity contribution in [1.29, 1.82) is 0 Å². The van der Waals surface area contributed by atoms with Gasteiger partial charge in [0.05, 0.1) is 12.0 Å². The largest absolute Gasteiger partial charge is 0.337 e. The van der Waals surface area contributed by atoms with Crippen molar-refractivity contribution in [3.63, 3.8) is 0 Å². The highest BCUT2D eigenvalue weighted by atomic mass is 15.0. The summed E-state index contributed by atoms with van der Waals surface area (Å²) in [6, 6.07) is 0. The van der Waals surface area contributed by atoms with Crippen LogP contribution in [0.1, 0.15) is 46.2 Å². The Bertz CT molecular complexity index is 300. The monoisotopic (exact) mass is 237 g/mol. The van der Waals surface area contributed by atoms with Crippen LogP contribution in [0.5, 0.6) is 0 Å². The molecule has 0 bridgehead atoms. The normalized spacial score (nSPS) is 11.6. The van der Waals surface area contributed by atoms with Crippen LogP contribution >= 0.6 is 0 Å². The van der Waals surface area contributed by atoms with Crippen LogP contribution in [0.15, 0.2) is 12.5 Å². The molecule has 0 radical (unpaired) electrons. The number of hydrogen-bond acceptors (Lipinski definition) is 2. The predicted octanol–water partition coefficient (Wildman–Crippen LogP) is 3.06. The summed E-state index contributed by atoms with van der Waals surface area (Å²) in [4.78, 5) is 4.44. The van der Waals surface area contributed by atoms with Crippen LogP contribution in [-0.4, -0.2) is 16.1 Å². The van der Waals surface area contributed by atoms with Crippen LogP contribution in [0.3, 0.4) is 0 Å². The quantitative estimate of drug-likeness (QED) is 0.753. The van der Waals surface area contributed by atoms with Gasteiger partial charge in [-0.2, -0.15) is 0 Å². The molecule has 0 aromatic carbocycles. The van der Waals surface area contributed by atoms with Gasteiger partial charge in [-0.05, 0) is 18.4 Å². The highest BCUT2D eigenvalue weighted by Crippen LogP contribution is 2.11. The maximum Gasteiger partial charge on any atom is 0.0950 e. The predicted molar refractivity (Wildman–Crippen MR) is 72.8 cm³/mol. The van der Waals surface area contributed by atoms with Gasteiger partial charge in [0.2, 0.25) is 0 Å². The van der Waals surface area contributed by atoms with Gasteiger partial charge in [0.25, 0.3) is 0 Å². The third-order valence-electron chi connectivity index (χ3n) is 3.17. The molecule has 17 heavy (non-hydrogen) atoms. The van der Waals surface area contributed by atoms with Crippen molar-refractivity contribution in [2.24, 2.45) is 11.8 Å². The summed E-state index contributed by atoms with van der Waals surface area (Å²) in [6.45, 7) is 12.0. The van der Waals surface area contributed by atoms with Crippen molar-refractivity contribution in [3.8, 4) is 0 Å². The van der Waals surface area contributed by atoms with Gasteiger partial charge in [0, 0.05) is 19.3 Å².